The Morgan fingerprint density at radius 3 is 2.36 bits per heavy atom. The van der Waals surface area contributed by atoms with Gasteiger partial charge in [-0.25, -0.2) is 14.4 Å². The number of allylic oxidation sites excluding steroid dienone is 8. The van der Waals surface area contributed by atoms with E-state index in [0.717, 1.165) is 11.1 Å². The zero-order valence-corrected chi connectivity index (χ0v) is 30.4. The van der Waals surface area contributed by atoms with Crippen LogP contribution < -0.4 is 10.9 Å². The number of hydrogen-bond donors (Lipinski definition) is 2. The molecule has 0 aliphatic carbocycles. The number of methoxy groups -OCH3 is 2. The first-order chi connectivity index (χ1) is 23.8. The summed E-state index contributed by atoms with van der Waals surface area (Å²) in [5.41, 5.74) is 0.0996. The highest BCUT2D eigenvalue weighted by atomic mass is 16.6. The van der Waals surface area contributed by atoms with Crippen molar-refractivity contribution >= 4 is 17.8 Å². The predicted molar refractivity (Wildman–Crippen MR) is 194 cm³/mol. The minimum Gasteiger partial charge on any atom is -0.507 e. The Morgan fingerprint density at radius 2 is 1.74 bits per heavy atom. The summed E-state index contributed by atoms with van der Waals surface area (Å²) in [7, 11) is 2.75. The highest BCUT2D eigenvalue weighted by molar-refractivity contribution is 6.09. The van der Waals surface area contributed by atoms with Crippen molar-refractivity contribution in [2.75, 3.05) is 14.2 Å². The molecule has 0 aliphatic heterocycles. The predicted octanol–water partition coefficient (Wildman–Crippen LogP) is 8.34. The summed E-state index contributed by atoms with van der Waals surface area (Å²) in [6.07, 6.45) is 14.3. The number of amides is 1. The van der Waals surface area contributed by atoms with Crippen molar-refractivity contribution < 1.29 is 38.1 Å². The largest absolute Gasteiger partial charge is 0.507 e. The minimum atomic E-state index is -1.29. The zero-order chi connectivity index (χ0) is 37.3. The fourth-order valence-corrected chi connectivity index (χ4v) is 4.91. The summed E-state index contributed by atoms with van der Waals surface area (Å²) >= 11 is 0. The second-order valence-electron chi connectivity index (χ2n) is 12.2. The molecule has 2 N–H and O–H groups in total. The number of carbonyl (C=O) groups excluding carboxylic acids is 3. The molecule has 0 saturated carbocycles. The number of carbonyl (C=O) groups is 3. The maximum Gasteiger partial charge on any atom is 0.410 e. The lowest BCUT2D eigenvalue weighted by Gasteiger charge is -2.29. The second kappa shape index (κ2) is 20.5. The molecular weight excluding hydrogens is 638 g/mol. The highest BCUT2D eigenvalue weighted by Gasteiger charge is 2.38. The van der Waals surface area contributed by atoms with E-state index in [-0.39, 0.29) is 17.3 Å². The van der Waals surface area contributed by atoms with Crippen LogP contribution in [0.25, 0.3) is 0 Å². The van der Waals surface area contributed by atoms with Crippen molar-refractivity contribution in [1.29, 1.82) is 0 Å². The molecule has 0 spiro atoms. The molecule has 0 fully saturated rings. The van der Waals surface area contributed by atoms with Crippen LogP contribution in [0, 0.1) is 0 Å². The quantitative estimate of drug-likeness (QED) is 0.0519. The molecule has 0 saturated heterocycles. The number of benzene rings is 1. The number of hydrogen-bond acceptors (Lipinski definition) is 9. The molecule has 10 nitrogen and oxygen atoms in total. The Bertz CT molecular complexity index is 1660. The van der Waals surface area contributed by atoms with Gasteiger partial charge in [0.2, 0.25) is 0 Å². The fourth-order valence-electron chi connectivity index (χ4n) is 4.91. The molecule has 0 bridgehead atoms. The van der Waals surface area contributed by atoms with E-state index in [4.69, 9.17) is 13.9 Å². The van der Waals surface area contributed by atoms with Gasteiger partial charge >= 0.3 is 17.7 Å². The average molecular weight is 690 g/mol. The number of ether oxygens (including phenoxy) is 3. The zero-order valence-electron chi connectivity index (χ0n) is 30.4. The van der Waals surface area contributed by atoms with Gasteiger partial charge in [0.1, 0.15) is 23.2 Å². The van der Waals surface area contributed by atoms with Crippen molar-refractivity contribution in [2.45, 2.75) is 91.3 Å². The SMILES string of the molecule is C/C=C/C/C=C(/C)[C@@H](CC/C(C)=C/C=C(\C)C(=O)c1c(O)cc([C@H](C)CC/C=C/NC(=O)OC)oc1=O)OC(=O)[C@](C)(OC)c1ccccc1. The average Bonchev–Trinajstić information content (AvgIpc) is 3.11. The molecule has 1 aromatic heterocycles. The number of rotatable bonds is 18. The third-order valence-electron chi connectivity index (χ3n) is 8.40. The Labute approximate surface area is 295 Å². The van der Waals surface area contributed by atoms with E-state index in [0.29, 0.717) is 37.7 Å². The Balaban J connectivity index is 2.17. The highest BCUT2D eigenvalue weighted by Crippen LogP contribution is 2.29. The van der Waals surface area contributed by atoms with E-state index in [1.54, 1.807) is 32.1 Å². The molecule has 1 aromatic carbocycles. The number of alkyl carbamates (subject to hydrolysis) is 1. The summed E-state index contributed by atoms with van der Waals surface area (Å²) in [5.74, 6) is -1.59. The maximum absolute atomic E-state index is 13.5. The summed E-state index contributed by atoms with van der Waals surface area (Å²) in [6.45, 7) is 10.9. The molecule has 1 heterocycles. The van der Waals surface area contributed by atoms with Crippen molar-refractivity contribution in [3.05, 3.63) is 123 Å². The molecule has 10 heteroatoms. The van der Waals surface area contributed by atoms with Gasteiger partial charge in [0.05, 0.1) is 7.11 Å². The van der Waals surface area contributed by atoms with Gasteiger partial charge in [-0.2, -0.15) is 0 Å². The lowest BCUT2D eigenvalue weighted by Crippen LogP contribution is -2.38. The smallest absolute Gasteiger partial charge is 0.410 e. The van der Waals surface area contributed by atoms with E-state index in [1.165, 1.54) is 26.5 Å². The fraction of sp³-hybridized carbons (Fsp3) is 0.400. The van der Waals surface area contributed by atoms with E-state index in [2.05, 4.69) is 10.1 Å². The molecule has 270 valence electrons. The third kappa shape index (κ3) is 12.2. The van der Waals surface area contributed by atoms with Gasteiger partial charge in [-0.3, -0.25) is 10.1 Å². The molecule has 2 aromatic rings. The lowest BCUT2D eigenvalue weighted by molar-refractivity contribution is -0.172. The van der Waals surface area contributed by atoms with Gasteiger partial charge in [0.15, 0.2) is 11.4 Å². The summed E-state index contributed by atoms with van der Waals surface area (Å²) in [6, 6.07) is 10.5. The maximum atomic E-state index is 13.5. The number of nitrogens with one attached hydrogen (secondary N) is 1. The molecule has 50 heavy (non-hydrogen) atoms. The van der Waals surface area contributed by atoms with Crippen LogP contribution in [0.1, 0.15) is 101 Å². The van der Waals surface area contributed by atoms with Crippen molar-refractivity contribution in [1.82, 2.24) is 5.32 Å². The van der Waals surface area contributed by atoms with Gasteiger partial charge in [-0.15, -0.1) is 0 Å². The van der Waals surface area contributed by atoms with Gasteiger partial charge in [0, 0.05) is 25.3 Å². The number of Topliss-reactive ketones (excluding diaryl/α,β-unsaturated/α-hetero) is 1. The Hall–Kier alpha value is -4.96. The van der Waals surface area contributed by atoms with Crippen LogP contribution in [0.3, 0.4) is 0 Å². The molecule has 3 atom stereocenters. The summed E-state index contributed by atoms with van der Waals surface area (Å²) < 4.78 is 21.6. The molecule has 0 radical (unpaired) electrons. The van der Waals surface area contributed by atoms with Crippen molar-refractivity contribution in [2.24, 2.45) is 0 Å². The van der Waals surface area contributed by atoms with Crippen LogP contribution in [0.15, 0.2) is 105 Å². The minimum absolute atomic E-state index is 0.236. The monoisotopic (exact) mass is 689 g/mol. The van der Waals surface area contributed by atoms with Gasteiger partial charge in [-0.05, 0) is 83.4 Å². The summed E-state index contributed by atoms with van der Waals surface area (Å²) in [5, 5.41) is 13.1. The molecular formula is C40H51NO9. The van der Waals surface area contributed by atoms with Crippen LogP contribution >= 0.6 is 0 Å². The van der Waals surface area contributed by atoms with Crippen LogP contribution in [0.5, 0.6) is 5.75 Å². The van der Waals surface area contributed by atoms with Crippen LogP contribution in [-0.2, 0) is 24.6 Å². The first-order valence-electron chi connectivity index (χ1n) is 16.6. The first-order valence-corrected chi connectivity index (χ1v) is 16.6. The van der Waals surface area contributed by atoms with E-state index >= 15 is 0 Å². The van der Waals surface area contributed by atoms with Crippen LogP contribution in [0.4, 0.5) is 4.79 Å². The molecule has 1 amide bonds. The molecule has 0 aliphatic rings. The standard InChI is InChI=1S/C40H51NO9/c1-9-10-12-17-28(3)33(50-38(45)40(6,48-8)31-19-13-11-14-20-31)24-22-27(2)21-23-30(5)36(43)35-32(42)26-34(49-37(35)44)29(4)18-15-16-25-41-39(46)47-7/h9-11,13-14,16-17,19-21,23,25-26,29,33,42H,12,15,18,22,24H2,1-8H3,(H,41,46)/b10-9+,25-16+,27-21+,28-17-,30-23+/t29-,33-,40-/m1/s1. The van der Waals surface area contributed by atoms with Gasteiger partial charge in [-0.1, -0.05) is 79.3 Å². The summed E-state index contributed by atoms with van der Waals surface area (Å²) in [4.78, 5) is 50.6. The first kappa shape index (κ1) is 41.2. The number of esters is 1. The van der Waals surface area contributed by atoms with E-state index in [9.17, 15) is 24.3 Å². The Kier molecular flexibility index (Phi) is 16.9. The van der Waals surface area contributed by atoms with Crippen LogP contribution in [0.2, 0.25) is 0 Å². The number of aromatic hydroxyl groups is 1. The third-order valence-corrected chi connectivity index (χ3v) is 8.40. The van der Waals surface area contributed by atoms with E-state index < -0.39 is 46.5 Å². The van der Waals surface area contributed by atoms with Gasteiger partial charge < -0.3 is 23.7 Å². The number of ketones is 1. The topological polar surface area (TPSA) is 141 Å². The molecule has 0 unspecified atom stereocenters. The van der Waals surface area contributed by atoms with Gasteiger partial charge in [0.25, 0.3) is 0 Å². The lowest BCUT2D eigenvalue weighted by atomic mass is 9.95. The van der Waals surface area contributed by atoms with Crippen molar-refractivity contribution in [3.63, 3.8) is 0 Å². The van der Waals surface area contributed by atoms with Crippen LogP contribution in [-0.4, -0.2) is 43.3 Å². The normalized spacial score (nSPS) is 15.1. The Morgan fingerprint density at radius 1 is 1.04 bits per heavy atom. The van der Waals surface area contributed by atoms with Crippen molar-refractivity contribution in [3.8, 4) is 5.75 Å². The molecule has 2 rings (SSSR count). The second-order valence-corrected chi connectivity index (χ2v) is 12.2. The van der Waals surface area contributed by atoms with E-state index in [1.807, 2.05) is 76.3 Å².